The fourth-order valence-electron chi connectivity index (χ4n) is 3.95. The van der Waals surface area contributed by atoms with Gasteiger partial charge in [-0.1, -0.05) is 54.6 Å². The molecule has 0 radical (unpaired) electrons. The van der Waals surface area contributed by atoms with Gasteiger partial charge in [0.25, 0.3) is 0 Å². The second-order valence-electron chi connectivity index (χ2n) is 7.82. The lowest BCUT2D eigenvalue weighted by Gasteiger charge is -2.30. The molecule has 0 aliphatic carbocycles. The first-order valence-corrected chi connectivity index (χ1v) is 10.7. The van der Waals surface area contributed by atoms with Crippen molar-refractivity contribution in [1.82, 2.24) is 0 Å². The third kappa shape index (κ3) is 5.72. The molecule has 158 valence electrons. The Morgan fingerprint density at radius 2 is 1.52 bits per heavy atom. The number of hydrogen-bond donors (Lipinski definition) is 2. The van der Waals surface area contributed by atoms with Gasteiger partial charge in [0.15, 0.2) is 0 Å². The predicted octanol–water partition coefficient (Wildman–Crippen LogP) is 4.65. The molecule has 0 atom stereocenters. The molecule has 0 saturated carbocycles. The van der Waals surface area contributed by atoms with Gasteiger partial charge in [-0.05, 0) is 54.7 Å². The molecule has 5 nitrogen and oxygen atoms in total. The predicted molar refractivity (Wildman–Crippen MR) is 125 cm³/mol. The summed E-state index contributed by atoms with van der Waals surface area (Å²) in [4.78, 5) is 27.1. The second-order valence-corrected chi connectivity index (χ2v) is 7.82. The van der Waals surface area contributed by atoms with E-state index in [9.17, 15) is 9.59 Å². The van der Waals surface area contributed by atoms with Crippen LogP contribution in [0.1, 0.15) is 24.0 Å². The summed E-state index contributed by atoms with van der Waals surface area (Å²) in [7, 11) is 0. The number of para-hydroxylation sites is 1. The summed E-state index contributed by atoms with van der Waals surface area (Å²) in [6, 6.07) is 25.5. The van der Waals surface area contributed by atoms with Gasteiger partial charge in [-0.15, -0.1) is 0 Å². The molecular weight excluding hydrogens is 386 g/mol. The van der Waals surface area contributed by atoms with Crippen LogP contribution in [0.3, 0.4) is 0 Å². The first-order valence-electron chi connectivity index (χ1n) is 10.7. The van der Waals surface area contributed by atoms with E-state index in [0.29, 0.717) is 30.8 Å². The van der Waals surface area contributed by atoms with E-state index in [1.54, 1.807) is 6.07 Å². The summed E-state index contributed by atoms with van der Waals surface area (Å²) in [5.41, 5.74) is 4.93. The van der Waals surface area contributed by atoms with Crippen LogP contribution in [0.2, 0.25) is 0 Å². The highest BCUT2D eigenvalue weighted by atomic mass is 16.2. The molecule has 1 aliphatic heterocycles. The Morgan fingerprint density at radius 3 is 2.32 bits per heavy atom. The quantitative estimate of drug-likeness (QED) is 0.593. The molecule has 0 unspecified atom stereocenters. The maximum atomic E-state index is 12.6. The molecule has 0 bridgehead atoms. The van der Waals surface area contributed by atoms with Gasteiger partial charge in [0, 0.05) is 30.0 Å². The van der Waals surface area contributed by atoms with Crippen molar-refractivity contribution in [2.75, 3.05) is 28.6 Å². The minimum absolute atomic E-state index is 0.0442. The first-order chi connectivity index (χ1) is 15.2. The number of nitrogens with zero attached hydrogens (tertiary/aromatic N) is 1. The first kappa shape index (κ1) is 20.7. The van der Waals surface area contributed by atoms with Crippen LogP contribution >= 0.6 is 0 Å². The molecule has 5 heteroatoms. The lowest BCUT2D eigenvalue weighted by molar-refractivity contribution is -0.116. The van der Waals surface area contributed by atoms with Gasteiger partial charge in [-0.2, -0.15) is 0 Å². The van der Waals surface area contributed by atoms with E-state index in [1.165, 1.54) is 5.56 Å². The molecule has 4 rings (SSSR count). The highest BCUT2D eigenvalue weighted by molar-refractivity contribution is 5.96. The zero-order valence-electron chi connectivity index (χ0n) is 17.5. The average molecular weight is 414 g/mol. The van der Waals surface area contributed by atoms with E-state index in [2.05, 4.69) is 27.7 Å². The van der Waals surface area contributed by atoms with Gasteiger partial charge in [0.1, 0.15) is 0 Å². The summed E-state index contributed by atoms with van der Waals surface area (Å²) in [5.74, 6) is -0.110. The van der Waals surface area contributed by atoms with Gasteiger partial charge in [0.2, 0.25) is 11.8 Å². The summed E-state index contributed by atoms with van der Waals surface area (Å²) >= 11 is 0. The fraction of sp³-hybridized carbons (Fsp3) is 0.231. The number of carbonyl (C=O) groups excluding carboxylic acids is 2. The van der Waals surface area contributed by atoms with Gasteiger partial charge in [0.05, 0.1) is 6.54 Å². The van der Waals surface area contributed by atoms with E-state index < -0.39 is 0 Å². The maximum absolute atomic E-state index is 12.6. The number of nitrogens with one attached hydrogen (secondary N) is 2. The highest BCUT2D eigenvalue weighted by Crippen LogP contribution is 2.26. The minimum atomic E-state index is -0.0655. The molecule has 3 aromatic carbocycles. The molecule has 0 aromatic heterocycles. The van der Waals surface area contributed by atoms with Gasteiger partial charge in [-0.25, -0.2) is 0 Å². The number of amides is 2. The molecule has 2 N–H and O–H groups in total. The topological polar surface area (TPSA) is 61.4 Å². The largest absolute Gasteiger partial charge is 0.362 e. The SMILES string of the molecule is O=C(CCc1ccccc1)Nc1cccc(NC(=O)CN2CCCc3ccccc32)c1. The fourth-order valence-corrected chi connectivity index (χ4v) is 3.95. The smallest absolute Gasteiger partial charge is 0.243 e. The van der Waals surface area contributed by atoms with Crippen molar-refractivity contribution in [3.63, 3.8) is 0 Å². The second kappa shape index (κ2) is 9.94. The van der Waals surface area contributed by atoms with E-state index >= 15 is 0 Å². The Hall–Kier alpha value is -3.60. The molecule has 3 aromatic rings. The Bertz CT molecular complexity index is 1050. The van der Waals surface area contributed by atoms with E-state index in [0.717, 1.165) is 30.6 Å². The molecular formula is C26H27N3O2. The van der Waals surface area contributed by atoms with Crippen molar-refractivity contribution < 1.29 is 9.59 Å². The standard InChI is InChI=1S/C26H27N3O2/c30-25(16-15-20-8-2-1-3-9-20)27-22-12-6-13-23(18-22)28-26(31)19-29-17-7-11-21-10-4-5-14-24(21)29/h1-6,8-10,12-14,18H,7,11,15-17,19H2,(H,27,30)(H,28,31). The summed E-state index contributed by atoms with van der Waals surface area (Å²) in [6.07, 6.45) is 3.21. The number of hydrogen-bond acceptors (Lipinski definition) is 3. The van der Waals surface area contributed by atoms with Gasteiger partial charge in [-0.3, -0.25) is 9.59 Å². The number of benzene rings is 3. The zero-order chi connectivity index (χ0) is 21.5. The molecule has 1 aliphatic rings. The number of anilines is 3. The van der Waals surface area contributed by atoms with Crippen LogP contribution < -0.4 is 15.5 Å². The number of rotatable bonds is 7. The van der Waals surface area contributed by atoms with Crippen molar-refractivity contribution >= 4 is 28.9 Å². The zero-order valence-corrected chi connectivity index (χ0v) is 17.5. The van der Waals surface area contributed by atoms with Crippen molar-refractivity contribution in [3.8, 4) is 0 Å². The van der Waals surface area contributed by atoms with Crippen molar-refractivity contribution in [3.05, 3.63) is 90.0 Å². The summed E-state index contributed by atoms with van der Waals surface area (Å²) < 4.78 is 0. The minimum Gasteiger partial charge on any atom is -0.362 e. The monoisotopic (exact) mass is 413 g/mol. The Kier molecular flexibility index (Phi) is 6.62. The average Bonchev–Trinajstić information content (AvgIpc) is 2.79. The Labute approximate surface area is 183 Å². The molecule has 0 fully saturated rings. The molecule has 2 amide bonds. The van der Waals surface area contributed by atoms with Crippen LogP contribution in [0, 0.1) is 0 Å². The normalized spacial score (nSPS) is 12.7. The van der Waals surface area contributed by atoms with Gasteiger partial charge >= 0.3 is 0 Å². The number of fused-ring (bicyclic) bond motifs is 1. The third-order valence-corrected chi connectivity index (χ3v) is 5.45. The van der Waals surface area contributed by atoms with E-state index in [-0.39, 0.29) is 11.8 Å². The van der Waals surface area contributed by atoms with Crippen LogP contribution in [0.15, 0.2) is 78.9 Å². The third-order valence-electron chi connectivity index (χ3n) is 5.45. The molecule has 1 heterocycles. The van der Waals surface area contributed by atoms with Crippen molar-refractivity contribution in [2.24, 2.45) is 0 Å². The molecule has 31 heavy (non-hydrogen) atoms. The van der Waals surface area contributed by atoms with Gasteiger partial charge < -0.3 is 15.5 Å². The van der Waals surface area contributed by atoms with Crippen LogP contribution in [0.25, 0.3) is 0 Å². The highest BCUT2D eigenvalue weighted by Gasteiger charge is 2.18. The molecule has 0 spiro atoms. The Morgan fingerprint density at radius 1 is 0.806 bits per heavy atom. The summed E-state index contributed by atoms with van der Waals surface area (Å²) in [6.45, 7) is 1.19. The molecule has 0 saturated heterocycles. The lowest BCUT2D eigenvalue weighted by atomic mass is 10.0. The lowest BCUT2D eigenvalue weighted by Crippen LogP contribution is -2.36. The van der Waals surface area contributed by atoms with Crippen LogP contribution in [0.5, 0.6) is 0 Å². The Balaban J connectivity index is 1.31. The van der Waals surface area contributed by atoms with E-state index in [1.807, 2.05) is 60.7 Å². The maximum Gasteiger partial charge on any atom is 0.243 e. The van der Waals surface area contributed by atoms with Crippen molar-refractivity contribution in [1.29, 1.82) is 0 Å². The van der Waals surface area contributed by atoms with Crippen molar-refractivity contribution in [2.45, 2.75) is 25.7 Å². The van der Waals surface area contributed by atoms with Crippen LogP contribution in [-0.2, 0) is 22.4 Å². The number of aryl methyl sites for hydroxylation is 2. The van der Waals surface area contributed by atoms with Crippen LogP contribution in [-0.4, -0.2) is 24.9 Å². The number of carbonyl (C=O) groups is 2. The van der Waals surface area contributed by atoms with E-state index in [4.69, 9.17) is 0 Å². The summed E-state index contributed by atoms with van der Waals surface area (Å²) in [5, 5.41) is 5.88. The van der Waals surface area contributed by atoms with Crippen LogP contribution in [0.4, 0.5) is 17.1 Å².